The van der Waals surface area contributed by atoms with E-state index in [4.69, 9.17) is 9.84 Å². The van der Waals surface area contributed by atoms with Crippen LogP contribution in [0.2, 0.25) is 0 Å². The Bertz CT molecular complexity index is 659. The SMILES string of the molecule is COCc1ccc(-c2ccc(F)cc2F)nc1C(=O)O. The van der Waals surface area contributed by atoms with Crippen LogP contribution in [0.25, 0.3) is 11.3 Å². The lowest BCUT2D eigenvalue weighted by Gasteiger charge is -2.08. The minimum atomic E-state index is -1.23. The number of pyridine rings is 1. The molecule has 0 saturated heterocycles. The summed E-state index contributed by atoms with van der Waals surface area (Å²) in [6.45, 7) is 0.0841. The highest BCUT2D eigenvalue weighted by molar-refractivity contribution is 5.88. The van der Waals surface area contributed by atoms with Crippen LogP contribution in [0.3, 0.4) is 0 Å². The Labute approximate surface area is 113 Å². The number of aromatic nitrogens is 1. The summed E-state index contributed by atoms with van der Waals surface area (Å²) in [5.74, 6) is -2.74. The highest BCUT2D eigenvalue weighted by atomic mass is 19.1. The molecule has 0 amide bonds. The average Bonchev–Trinajstić information content (AvgIpc) is 2.39. The zero-order valence-electron chi connectivity index (χ0n) is 10.6. The third-order valence-electron chi connectivity index (χ3n) is 2.69. The second-order valence-corrected chi connectivity index (χ2v) is 4.07. The molecular formula is C14H11F2NO3. The van der Waals surface area contributed by atoms with Crippen molar-refractivity contribution >= 4 is 5.97 Å². The minimum absolute atomic E-state index is 0.0397. The van der Waals surface area contributed by atoms with Crippen LogP contribution in [0.1, 0.15) is 16.1 Å². The van der Waals surface area contributed by atoms with Crippen LogP contribution in [0.15, 0.2) is 30.3 Å². The lowest BCUT2D eigenvalue weighted by molar-refractivity contribution is 0.0685. The molecule has 0 fully saturated rings. The van der Waals surface area contributed by atoms with Crippen LogP contribution in [0.4, 0.5) is 8.78 Å². The third-order valence-corrected chi connectivity index (χ3v) is 2.69. The molecule has 0 aliphatic heterocycles. The van der Waals surface area contributed by atoms with Gasteiger partial charge in [0.2, 0.25) is 0 Å². The Balaban J connectivity index is 2.53. The van der Waals surface area contributed by atoms with Crippen molar-refractivity contribution in [3.05, 3.63) is 53.2 Å². The van der Waals surface area contributed by atoms with Gasteiger partial charge in [-0.1, -0.05) is 6.07 Å². The Hall–Kier alpha value is -2.34. The predicted molar refractivity (Wildman–Crippen MR) is 67.3 cm³/mol. The van der Waals surface area contributed by atoms with Gasteiger partial charge in [0.1, 0.15) is 11.6 Å². The summed E-state index contributed by atoms with van der Waals surface area (Å²) in [5.41, 5.74) is 0.331. The van der Waals surface area contributed by atoms with Crippen molar-refractivity contribution in [2.75, 3.05) is 7.11 Å². The number of ether oxygens (including phenoxy) is 1. The molecule has 0 unspecified atom stereocenters. The summed E-state index contributed by atoms with van der Waals surface area (Å²) in [7, 11) is 1.43. The molecule has 0 aliphatic carbocycles. The maximum absolute atomic E-state index is 13.7. The Morgan fingerprint density at radius 2 is 2.05 bits per heavy atom. The van der Waals surface area contributed by atoms with Crippen molar-refractivity contribution in [2.24, 2.45) is 0 Å². The standard InChI is InChI=1S/C14H11F2NO3/c1-20-7-8-2-5-12(17-13(8)14(18)19)10-4-3-9(15)6-11(10)16/h2-6H,7H2,1H3,(H,18,19). The number of carboxylic acids is 1. The van der Waals surface area contributed by atoms with Crippen molar-refractivity contribution in [1.29, 1.82) is 0 Å². The van der Waals surface area contributed by atoms with E-state index in [2.05, 4.69) is 4.98 Å². The van der Waals surface area contributed by atoms with Gasteiger partial charge in [0.25, 0.3) is 0 Å². The summed E-state index contributed by atoms with van der Waals surface area (Å²) in [5, 5.41) is 9.11. The zero-order valence-corrected chi connectivity index (χ0v) is 10.6. The van der Waals surface area contributed by atoms with Crippen LogP contribution in [0, 0.1) is 11.6 Å². The summed E-state index contributed by atoms with van der Waals surface area (Å²) >= 11 is 0. The molecule has 1 heterocycles. The van der Waals surface area contributed by atoms with E-state index < -0.39 is 17.6 Å². The molecule has 1 aromatic carbocycles. The minimum Gasteiger partial charge on any atom is -0.477 e. The van der Waals surface area contributed by atoms with E-state index >= 15 is 0 Å². The molecule has 6 heteroatoms. The molecule has 1 aromatic heterocycles. The van der Waals surface area contributed by atoms with Crippen molar-refractivity contribution in [3.8, 4) is 11.3 Å². The van der Waals surface area contributed by atoms with Crippen molar-refractivity contribution in [3.63, 3.8) is 0 Å². The summed E-state index contributed by atoms with van der Waals surface area (Å²) < 4.78 is 31.4. The molecule has 4 nitrogen and oxygen atoms in total. The number of carboxylic acid groups (broad SMARTS) is 1. The van der Waals surface area contributed by atoms with Crippen LogP contribution < -0.4 is 0 Å². The fraction of sp³-hybridized carbons (Fsp3) is 0.143. The molecule has 0 radical (unpaired) electrons. The fourth-order valence-electron chi connectivity index (χ4n) is 1.79. The third kappa shape index (κ3) is 2.80. The average molecular weight is 279 g/mol. The van der Waals surface area contributed by atoms with E-state index in [1.54, 1.807) is 0 Å². The number of carbonyl (C=O) groups is 1. The number of benzene rings is 1. The first-order valence-electron chi connectivity index (χ1n) is 5.70. The van der Waals surface area contributed by atoms with Crippen molar-refractivity contribution in [2.45, 2.75) is 6.61 Å². The molecule has 0 spiro atoms. The zero-order chi connectivity index (χ0) is 14.7. The van der Waals surface area contributed by atoms with Crippen molar-refractivity contribution < 1.29 is 23.4 Å². The smallest absolute Gasteiger partial charge is 0.354 e. The number of halogens is 2. The number of nitrogens with zero attached hydrogens (tertiary/aromatic N) is 1. The lowest BCUT2D eigenvalue weighted by atomic mass is 10.1. The molecule has 0 saturated carbocycles. The number of hydrogen-bond donors (Lipinski definition) is 1. The maximum Gasteiger partial charge on any atom is 0.354 e. The highest BCUT2D eigenvalue weighted by Crippen LogP contribution is 2.23. The van der Waals surface area contributed by atoms with Crippen LogP contribution in [0.5, 0.6) is 0 Å². The first-order valence-corrected chi connectivity index (χ1v) is 5.70. The molecule has 0 bridgehead atoms. The van der Waals surface area contributed by atoms with Crippen LogP contribution in [-0.4, -0.2) is 23.2 Å². The Morgan fingerprint density at radius 3 is 2.65 bits per heavy atom. The number of rotatable bonds is 4. The van der Waals surface area contributed by atoms with Gasteiger partial charge in [-0.15, -0.1) is 0 Å². The van der Waals surface area contributed by atoms with Gasteiger partial charge in [-0.2, -0.15) is 0 Å². The maximum atomic E-state index is 13.7. The Morgan fingerprint density at radius 1 is 1.30 bits per heavy atom. The van der Waals surface area contributed by atoms with Gasteiger partial charge in [-0.25, -0.2) is 18.6 Å². The van der Waals surface area contributed by atoms with Crippen LogP contribution in [-0.2, 0) is 11.3 Å². The molecule has 2 aromatic rings. The monoisotopic (exact) mass is 279 g/mol. The second-order valence-electron chi connectivity index (χ2n) is 4.07. The van der Waals surface area contributed by atoms with E-state index in [1.165, 1.54) is 25.3 Å². The lowest BCUT2D eigenvalue weighted by Crippen LogP contribution is -2.07. The largest absolute Gasteiger partial charge is 0.477 e. The van der Waals surface area contributed by atoms with E-state index in [0.717, 1.165) is 12.1 Å². The number of aromatic carboxylic acids is 1. The van der Waals surface area contributed by atoms with E-state index in [0.29, 0.717) is 5.56 Å². The quantitative estimate of drug-likeness (QED) is 0.934. The molecule has 1 N–H and O–H groups in total. The first-order chi connectivity index (χ1) is 9.52. The van der Waals surface area contributed by atoms with E-state index in [1.807, 2.05) is 0 Å². The van der Waals surface area contributed by atoms with Gasteiger partial charge in [0.15, 0.2) is 5.69 Å². The molecule has 104 valence electrons. The number of hydrogen-bond acceptors (Lipinski definition) is 3. The first kappa shape index (κ1) is 14.1. The van der Waals surface area contributed by atoms with Gasteiger partial charge in [-0.05, 0) is 18.2 Å². The van der Waals surface area contributed by atoms with E-state index in [9.17, 15) is 13.6 Å². The molecule has 0 aliphatic rings. The van der Waals surface area contributed by atoms with E-state index in [-0.39, 0.29) is 23.6 Å². The highest BCUT2D eigenvalue weighted by Gasteiger charge is 2.15. The van der Waals surface area contributed by atoms with Crippen LogP contribution >= 0.6 is 0 Å². The van der Waals surface area contributed by atoms with Gasteiger partial charge >= 0.3 is 5.97 Å². The van der Waals surface area contributed by atoms with Gasteiger partial charge in [-0.3, -0.25) is 0 Å². The second kappa shape index (κ2) is 5.75. The summed E-state index contributed by atoms with van der Waals surface area (Å²) in [6, 6.07) is 5.99. The van der Waals surface area contributed by atoms with Crippen molar-refractivity contribution in [1.82, 2.24) is 4.98 Å². The van der Waals surface area contributed by atoms with Gasteiger partial charge < -0.3 is 9.84 Å². The molecule has 0 atom stereocenters. The molecule has 20 heavy (non-hydrogen) atoms. The normalized spacial score (nSPS) is 10.6. The summed E-state index contributed by atoms with van der Waals surface area (Å²) in [4.78, 5) is 15.1. The predicted octanol–water partition coefficient (Wildman–Crippen LogP) is 2.87. The molecule has 2 rings (SSSR count). The topological polar surface area (TPSA) is 59.4 Å². The summed E-state index contributed by atoms with van der Waals surface area (Å²) in [6.07, 6.45) is 0. The van der Waals surface area contributed by atoms with Gasteiger partial charge in [0.05, 0.1) is 12.3 Å². The number of methoxy groups -OCH3 is 1. The Kier molecular flexibility index (Phi) is 4.05. The molecular weight excluding hydrogens is 268 g/mol. The fourth-order valence-corrected chi connectivity index (χ4v) is 1.79. The van der Waals surface area contributed by atoms with Gasteiger partial charge in [0, 0.05) is 24.3 Å².